The maximum Gasteiger partial charge on any atom is 0.255 e. The van der Waals surface area contributed by atoms with Crippen LogP contribution in [0.3, 0.4) is 0 Å². The predicted octanol–water partition coefficient (Wildman–Crippen LogP) is 3.18. The molecule has 1 aromatic carbocycles. The summed E-state index contributed by atoms with van der Waals surface area (Å²) in [6.07, 6.45) is 9.27. The maximum atomic E-state index is 10.8. The highest BCUT2D eigenvalue weighted by molar-refractivity contribution is 5.85. The molecule has 5 nitrogen and oxygen atoms in total. The van der Waals surface area contributed by atoms with Crippen molar-refractivity contribution in [2.45, 2.75) is 57.5 Å². The number of carbonyl (C=O) groups excluding carboxylic acids is 1. The molecule has 136 valence electrons. The van der Waals surface area contributed by atoms with Crippen LogP contribution >= 0.6 is 12.4 Å². The van der Waals surface area contributed by atoms with Crippen LogP contribution in [-0.4, -0.2) is 25.7 Å². The van der Waals surface area contributed by atoms with Crippen molar-refractivity contribution in [3.63, 3.8) is 0 Å². The lowest BCUT2D eigenvalue weighted by Crippen LogP contribution is -2.29. The SMILES string of the molecule is COc1cc(CNC2CCCCCCC2)ccc1OCC(N)=O.Cl. The average Bonchev–Trinajstić information content (AvgIpc) is 2.52. The minimum atomic E-state index is -0.498. The highest BCUT2D eigenvalue weighted by Gasteiger charge is 2.12. The lowest BCUT2D eigenvalue weighted by Gasteiger charge is -2.21. The third-order valence-corrected chi connectivity index (χ3v) is 4.30. The van der Waals surface area contributed by atoms with E-state index in [4.69, 9.17) is 15.2 Å². The van der Waals surface area contributed by atoms with Crippen molar-refractivity contribution < 1.29 is 14.3 Å². The summed E-state index contributed by atoms with van der Waals surface area (Å²) in [5, 5.41) is 3.66. The zero-order chi connectivity index (χ0) is 16.5. The average molecular weight is 357 g/mol. The van der Waals surface area contributed by atoms with Crippen LogP contribution in [0.5, 0.6) is 11.5 Å². The van der Waals surface area contributed by atoms with Crippen molar-refractivity contribution in [1.29, 1.82) is 0 Å². The summed E-state index contributed by atoms with van der Waals surface area (Å²) < 4.78 is 10.7. The van der Waals surface area contributed by atoms with Crippen LogP contribution in [0.2, 0.25) is 0 Å². The van der Waals surface area contributed by atoms with Crippen LogP contribution in [-0.2, 0) is 11.3 Å². The summed E-state index contributed by atoms with van der Waals surface area (Å²) in [5.74, 6) is 0.672. The molecule has 24 heavy (non-hydrogen) atoms. The molecule has 0 spiro atoms. The summed E-state index contributed by atoms with van der Waals surface area (Å²) in [5.41, 5.74) is 6.25. The van der Waals surface area contributed by atoms with Gasteiger partial charge in [0.2, 0.25) is 0 Å². The Labute approximate surface area is 150 Å². The van der Waals surface area contributed by atoms with E-state index in [2.05, 4.69) is 5.32 Å². The number of ether oxygens (including phenoxy) is 2. The molecule has 0 bridgehead atoms. The van der Waals surface area contributed by atoms with Crippen LogP contribution < -0.4 is 20.5 Å². The molecule has 0 heterocycles. The van der Waals surface area contributed by atoms with Gasteiger partial charge >= 0.3 is 0 Å². The molecule has 1 aliphatic carbocycles. The Morgan fingerprint density at radius 1 is 1.17 bits per heavy atom. The van der Waals surface area contributed by atoms with Gasteiger partial charge in [0.25, 0.3) is 5.91 Å². The third kappa shape index (κ3) is 6.97. The van der Waals surface area contributed by atoms with Gasteiger partial charge in [0.05, 0.1) is 7.11 Å². The molecule has 6 heteroatoms. The Balaban J connectivity index is 0.00000288. The summed E-state index contributed by atoms with van der Waals surface area (Å²) in [6.45, 7) is 0.674. The van der Waals surface area contributed by atoms with Crippen molar-refractivity contribution in [2.24, 2.45) is 5.73 Å². The molecule has 1 saturated carbocycles. The first-order chi connectivity index (χ1) is 11.2. The molecule has 2 rings (SSSR count). The third-order valence-electron chi connectivity index (χ3n) is 4.30. The number of hydrogen-bond acceptors (Lipinski definition) is 4. The molecule has 0 saturated heterocycles. The first-order valence-corrected chi connectivity index (χ1v) is 8.50. The summed E-state index contributed by atoms with van der Waals surface area (Å²) >= 11 is 0. The normalized spacial score (nSPS) is 15.7. The number of benzene rings is 1. The topological polar surface area (TPSA) is 73.6 Å². The van der Waals surface area contributed by atoms with E-state index in [1.165, 1.54) is 44.9 Å². The number of primary amides is 1. The van der Waals surface area contributed by atoms with E-state index in [0.717, 1.165) is 12.1 Å². The smallest absolute Gasteiger partial charge is 0.255 e. The van der Waals surface area contributed by atoms with Gasteiger partial charge in [-0.1, -0.05) is 38.2 Å². The Morgan fingerprint density at radius 2 is 1.83 bits per heavy atom. The first kappa shape index (κ1) is 20.6. The van der Waals surface area contributed by atoms with Gasteiger partial charge < -0.3 is 20.5 Å². The van der Waals surface area contributed by atoms with Crippen molar-refractivity contribution in [3.05, 3.63) is 23.8 Å². The number of nitrogens with one attached hydrogen (secondary N) is 1. The van der Waals surface area contributed by atoms with Crippen molar-refractivity contribution in [1.82, 2.24) is 5.32 Å². The van der Waals surface area contributed by atoms with E-state index in [0.29, 0.717) is 17.5 Å². The lowest BCUT2D eigenvalue weighted by atomic mass is 9.96. The lowest BCUT2D eigenvalue weighted by molar-refractivity contribution is -0.119. The highest BCUT2D eigenvalue weighted by Crippen LogP contribution is 2.28. The zero-order valence-corrected chi connectivity index (χ0v) is 15.2. The molecule has 0 aliphatic heterocycles. The number of carbonyl (C=O) groups is 1. The summed E-state index contributed by atoms with van der Waals surface area (Å²) in [7, 11) is 1.60. The van der Waals surface area contributed by atoms with Crippen LogP contribution in [0, 0.1) is 0 Å². The first-order valence-electron chi connectivity index (χ1n) is 8.50. The molecule has 1 amide bonds. The number of amides is 1. The molecule has 1 fully saturated rings. The molecule has 0 aromatic heterocycles. The quantitative estimate of drug-likeness (QED) is 0.786. The van der Waals surface area contributed by atoms with Crippen LogP contribution in [0.15, 0.2) is 18.2 Å². The molecule has 3 N–H and O–H groups in total. The van der Waals surface area contributed by atoms with E-state index in [1.807, 2.05) is 18.2 Å². The molecular formula is C18H29ClN2O3. The molecule has 1 aliphatic rings. The number of nitrogens with two attached hydrogens (primary N) is 1. The largest absolute Gasteiger partial charge is 0.493 e. The minimum absolute atomic E-state index is 0. The predicted molar refractivity (Wildman–Crippen MR) is 97.9 cm³/mol. The molecule has 1 aromatic rings. The molecule has 0 radical (unpaired) electrons. The van der Waals surface area contributed by atoms with Gasteiger partial charge in [-0.25, -0.2) is 0 Å². The van der Waals surface area contributed by atoms with Gasteiger partial charge in [-0.05, 0) is 30.5 Å². The Hall–Kier alpha value is -1.46. The second-order valence-corrected chi connectivity index (χ2v) is 6.16. The van der Waals surface area contributed by atoms with Gasteiger partial charge in [0, 0.05) is 12.6 Å². The van der Waals surface area contributed by atoms with Crippen LogP contribution in [0.4, 0.5) is 0 Å². The van der Waals surface area contributed by atoms with Gasteiger partial charge in [-0.3, -0.25) is 4.79 Å². The standard InChI is InChI=1S/C18H28N2O3.ClH/c1-22-17-11-14(9-10-16(17)23-13-18(19)21)12-20-15-7-5-3-2-4-6-8-15;/h9-11,15,20H,2-8,12-13H2,1H3,(H2,19,21);1H. The molecule has 0 unspecified atom stereocenters. The fraction of sp³-hybridized carbons (Fsp3) is 0.611. The number of methoxy groups -OCH3 is 1. The fourth-order valence-electron chi connectivity index (χ4n) is 3.01. The van der Waals surface area contributed by atoms with Crippen molar-refractivity contribution in [2.75, 3.05) is 13.7 Å². The summed E-state index contributed by atoms with van der Waals surface area (Å²) in [4.78, 5) is 10.8. The van der Waals surface area contributed by atoms with E-state index in [9.17, 15) is 4.79 Å². The van der Waals surface area contributed by atoms with Gasteiger partial charge in [0.1, 0.15) is 0 Å². The van der Waals surface area contributed by atoms with Gasteiger partial charge in [0.15, 0.2) is 18.1 Å². The van der Waals surface area contributed by atoms with E-state index in [1.54, 1.807) is 7.11 Å². The van der Waals surface area contributed by atoms with Crippen molar-refractivity contribution >= 4 is 18.3 Å². The van der Waals surface area contributed by atoms with Gasteiger partial charge in [-0.15, -0.1) is 12.4 Å². The van der Waals surface area contributed by atoms with E-state index < -0.39 is 5.91 Å². The Kier molecular flexibility index (Phi) is 9.57. The number of rotatable bonds is 7. The maximum absolute atomic E-state index is 10.8. The van der Waals surface area contributed by atoms with Crippen LogP contribution in [0.1, 0.15) is 50.5 Å². The van der Waals surface area contributed by atoms with E-state index in [-0.39, 0.29) is 19.0 Å². The van der Waals surface area contributed by atoms with Crippen LogP contribution in [0.25, 0.3) is 0 Å². The molecular weight excluding hydrogens is 328 g/mol. The minimum Gasteiger partial charge on any atom is -0.493 e. The number of halogens is 1. The van der Waals surface area contributed by atoms with Gasteiger partial charge in [-0.2, -0.15) is 0 Å². The second-order valence-electron chi connectivity index (χ2n) is 6.16. The summed E-state index contributed by atoms with van der Waals surface area (Å²) in [6, 6.07) is 6.38. The second kappa shape index (κ2) is 11.2. The molecule has 0 atom stereocenters. The number of hydrogen-bond donors (Lipinski definition) is 2. The Bertz CT molecular complexity index is 503. The fourth-order valence-corrected chi connectivity index (χ4v) is 3.01. The zero-order valence-electron chi connectivity index (χ0n) is 14.4. The highest BCUT2D eigenvalue weighted by atomic mass is 35.5. The van der Waals surface area contributed by atoms with E-state index >= 15 is 0 Å². The monoisotopic (exact) mass is 356 g/mol. The van der Waals surface area contributed by atoms with Crippen molar-refractivity contribution in [3.8, 4) is 11.5 Å². The Morgan fingerprint density at radius 3 is 2.46 bits per heavy atom.